The van der Waals surface area contributed by atoms with Gasteiger partial charge in [0.15, 0.2) is 0 Å². The lowest BCUT2D eigenvalue weighted by molar-refractivity contribution is -0.145. The van der Waals surface area contributed by atoms with E-state index >= 15 is 0 Å². The van der Waals surface area contributed by atoms with Crippen LogP contribution >= 0.6 is 0 Å². The van der Waals surface area contributed by atoms with Gasteiger partial charge in [0.05, 0.1) is 11.7 Å². The van der Waals surface area contributed by atoms with Crippen molar-refractivity contribution in [3.05, 3.63) is 0 Å². The molecule has 0 aromatic heterocycles. The Kier molecular flexibility index (Phi) is 3.49. The van der Waals surface area contributed by atoms with Crippen LogP contribution < -0.4 is 0 Å². The van der Waals surface area contributed by atoms with Gasteiger partial charge in [-0.05, 0) is 6.42 Å². The summed E-state index contributed by atoms with van der Waals surface area (Å²) < 4.78 is 24.2. The molecule has 82 valence electrons. The van der Waals surface area contributed by atoms with Crippen molar-refractivity contribution in [2.24, 2.45) is 5.92 Å². The van der Waals surface area contributed by atoms with E-state index in [4.69, 9.17) is 5.11 Å². The van der Waals surface area contributed by atoms with Crippen LogP contribution in [-0.4, -0.2) is 42.6 Å². The zero-order valence-corrected chi connectivity index (χ0v) is 8.96. The molecular weight excluding hydrogens is 206 g/mol. The number of hydrogen-bond acceptors (Lipinski definition) is 3. The highest BCUT2D eigenvalue weighted by atomic mass is 32.2. The molecule has 0 spiro atoms. The van der Waals surface area contributed by atoms with Gasteiger partial charge in [0, 0.05) is 13.1 Å². The fourth-order valence-corrected chi connectivity index (χ4v) is 3.00. The molecule has 0 amide bonds. The average molecular weight is 221 g/mol. The lowest BCUT2D eigenvalue weighted by Crippen LogP contribution is -2.53. The summed E-state index contributed by atoms with van der Waals surface area (Å²) in [6.07, 6.45) is 1.46. The van der Waals surface area contributed by atoms with Gasteiger partial charge in [0.2, 0.25) is 10.0 Å². The maximum atomic E-state index is 11.5. The van der Waals surface area contributed by atoms with E-state index in [-0.39, 0.29) is 18.8 Å². The highest BCUT2D eigenvalue weighted by molar-refractivity contribution is 7.89. The number of carbonyl (C=O) groups is 1. The minimum Gasteiger partial charge on any atom is -0.481 e. The minimum absolute atomic E-state index is 0.135. The van der Waals surface area contributed by atoms with Crippen molar-refractivity contribution in [2.75, 3.05) is 18.8 Å². The average Bonchev–Trinajstić information content (AvgIpc) is 1.96. The van der Waals surface area contributed by atoms with Crippen LogP contribution in [0.1, 0.15) is 19.8 Å². The first-order valence-electron chi connectivity index (χ1n) is 4.68. The molecule has 1 fully saturated rings. The Morgan fingerprint density at radius 2 is 2.07 bits per heavy atom. The van der Waals surface area contributed by atoms with Gasteiger partial charge in [-0.3, -0.25) is 4.79 Å². The monoisotopic (exact) mass is 221 g/mol. The van der Waals surface area contributed by atoms with E-state index in [1.165, 1.54) is 4.31 Å². The number of rotatable bonds is 5. The maximum Gasteiger partial charge on any atom is 0.309 e. The van der Waals surface area contributed by atoms with Crippen molar-refractivity contribution in [2.45, 2.75) is 19.8 Å². The fraction of sp³-hybridized carbons (Fsp3) is 0.875. The molecule has 14 heavy (non-hydrogen) atoms. The van der Waals surface area contributed by atoms with Crippen molar-refractivity contribution in [1.82, 2.24) is 4.31 Å². The van der Waals surface area contributed by atoms with Crippen molar-refractivity contribution in [3.8, 4) is 0 Å². The largest absolute Gasteiger partial charge is 0.481 e. The number of unbranched alkanes of at least 4 members (excludes halogenated alkanes) is 1. The number of hydrogen-bond donors (Lipinski definition) is 1. The van der Waals surface area contributed by atoms with Crippen LogP contribution in [0.5, 0.6) is 0 Å². The summed E-state index contributed by atoms with van der Waals surface area (Å²) in [5.74, 6) is -1.28. The van der Waals surface area contributed by atoms with Crippen molar-refractivity contribution in [1.29, 1.82) is 0 Å². The van der Waals surface area contributed by atoms with Crippen LogP contribution in [-0.2, 0) is 14.8 Å². The number of sulfonamides is 1. The topological polar surface area (TPSA) is 74.7 Å². The van der Waals surface area contributed by atoms with E-state index in [2.05, 4.69) is 0 Å². The predicted octanol–water partition coefficient (Wildman–Crippen LogP) is 0.133. The van der Waals surface area contributed by atoms with Crippen LogP contribution in [0.4, 0.5) is 0 Å². The lowest BCUT2D eigenvalue weighted by Gasteiger charge is -2.35. The van der Waals surface area contributed by atoms with Gasteiger partial charge in [-0.1, -0.05) is 13.3 Å². The second-order valence-corrected chi connectivity index (χ2v) is 5.61. The molecule has 0 aromatic rings. The minimum atomic E-state index is -3.18. The van der Waals surface area contributed by atoms with Crippen LogP contribution in [0.15, 0.2) is 0 Å². The summed E-state index contributed by atoms with van der Waals surface area (Å²) in [5.41, 5.74) is 0. The predicted molar refractivity (Wildman–Crippen MR) is 51.4 cm³/mol. The molecule has 1 aliphatic heterocycles. The van der Waals surface area contributed by atoms with E-state index < -0.39 is 21.9 Å². The number of carboxylic acids is 1. The van der Waals surface area contributed by atoms with Crippen LogP contribution in [0.25, 0.3) is 0 Å². The molecule has 0 atom stereocenters. The summed E-state index contributed by atoms with van der Waals surface area (Å²) in [6.45, 7) is 2.20. The normalized spacial score (nSPS) is 19.2. The van der Waals surface area contributed by atoms with Crippen LogP contribution in [0, 0.1) is 5.92 Å². The Bertz CT molecular complexity index is 305. The standard InChI is InChI=1S/C8H15NO4S/c1-2-3-4-14(12,13)9-5-7(6-9)8(10)11/h7H,2-6H2,1H3,(H,10,11). The van der Waals surface area contributed by atoms with E-state index in [0.29, 0.717) is 6.42 Å². The molecule has 0 bridgehead atoms. The summed E-state index contributed by atoms with van der Waals surface area (Å²) in [5, 5.41) is 8.57. The van der Waals surface area contributed by atoms with Crippen LogP contribution in [0.2, 0.25) is 0 Å². The molecule has 1 aliphatic rings. The molecule has 1 N–H and O–H groups in total. The molecule has 0 aromatic carbocycles. The zero-order chi connectivity index (χ0) is 10.8. The quantitative estimate of drug-likeness (QED) is 0.716. The fourth-order valence-electron chi connectivity index (χ4n) is 1.28. The molecule has 0 saturated carbocycles. The van der Waals surface area contributed by atoms with Crippen molar-refractivity contribution in [3.63, 3.8) is 0 Å². The molecule has 1 saturated heterocycles. The molecule has 0 radical (unpaired) electrons. The van der Waals surface area contributed by atoms with E-state index in [1.807, 2.05) is 6.92 Å². The molecule has 1 rings (SSSR count). The molecular formula is C8H15NO4S. The highest BCUT2D eigenvalue weighted by Crippen LogP contribution is 2.20. The van der Waals surface area contributed by atoms with Crippen LogP contribution in [0.3, 0.4) is 0 Å². The number of aliphatic carboxylic acids is 1. The Morgan fingerprint density at radius 1 is 1.50 bits per heavy atom. The van der Waals surface area contributed by atoms with Gasteiger partial charge in [-0.15, -0.1) is 0 Å². The Labute approximate surface area is 83.8 Å². The van der Waals surface area contributed by atoms with Gasteiger partial charge in [-0.2, -0.15) is 0 Å². The molecule has 1 heterocycles. The zero-order valence-electron chi connectivity index (χ0n) is 8.14. The SMILES string of the molecule is CCCCS(=O)(=O)N1CC(C(=O)O)C1. The third-order valence-electron chi connectivity index (χ3n) is 2.35. The van der Waals surface area contributed by atoms with Crippen molar-refractivity contribution >= 4 is 16.0 Å². The van der Waals surface area contributed by atoms with E-state index in [9.17, 15) is 13.2 Å². The first kappa shape index (κ1) is 11.5. The van der Waals surface area contributed by atoms with Gasteiger partial charge in [0.1, 0.15) is 0 Å². The molecule has 6 heteroatoms. The van der Waals surface area contributed by atoms with Gasteiger partial charge < -0.3 is 5.11 Å². The Hall–Kier alpha value is -0.620. The Morgan fingerprint density at radius 3 is 2.50 bits per heavy atom. The molecule has 0 unspecified atom stereocenters. The second-order valence-electron chi connectivity index (χ2n) is 3.52. The highest BCUT2D eigenvalue weighted by Gasteiger charge is 2.39. The summed E-state index contributed by atoms with van der Waals surface area (Å²) >= 11 is 0. The smallest absolute Gasteiger partial charge is 0.309 e. The summed E-state index contributed by atoms with van der Waals surface area (Å²) in [7, 11) is -3.18. The molecule has 0 aliphatic carbocycles. The Balaban J connectivity index is 2.42. The number of carboxylic acid groups (broad SMARTS) is 1. The van der Waals surface area contributed by atoms with Gasteiger partial charge in [-0.25, -0.2) is 12.7 Å². The molecule has 5 nitrogen and oxygen atoms in total. The van der Waals surface area contributed by atoms with Crippen molar-refractivity contribution < 1.29 is 18.3 Å². The second kappa shape index (κ2) is 4.27. The summed E-state index contributed by atoms with van der Waals surface area (Å²) in [4.78, 5) is 10.4. The van der Waals surface area contributed by atoms with E-state index in [0.717, 1.165) is 6.42 Å². The third kappa shape index (κ3) is 2.45. The third-order valence-corrected chi connectivity index (χ3v) is 4.24. The number of nitrogens with zero attached hydrogens (tertiary/aromatic N) is 1. The van der Waals surface area contributed by atoms with Gasteiger partial charge >= 0.3 is 5.97 Å². The van der Waals surface area contributed by atoms with E-state index in [1.54, 1.807) is 0 Å². The maximum absolute atomic E-state index is 11.5. The lowest BCUT2D eigenvalue weighted by atomic mass is 10.0. The first-order valence-corrected chi connectivity index (χ1v) is 6.29. The summed E-state index contributed by atoms with van der Waals surface area (Å²) in [6, 6.07) is 0. The first-order chi connectivity index (χ1) is 6.47. The van der Waals surface area contributed by atoms with Gasteiger partial charge in [0.25, 0.3) is 0 Å².